The molecule has 0 N–H and O–H groups in total. The van der Waals surface area contributed by atoms with Crippen molar-refractivity contribution in [3.05, 3.63) is 200 Å². The topological polar surface area (TPSA) is 66.3 Å². The molecule has 14 rings (SSSR count). The molecule has 292 valence electrons. The first-order valence-electron chi connectivity index (χ1n) is 21.2. The summed E-state index contributed by atoms with van der Waals surface area (Å²) in [5, 5.41) is 9.03. The lowest BCUT2D eigenvalue weighted by molar-refractivity contribution is 1.10. The highest BCUT2D eigenvalue weighted by Crippen LogP contribution is 2.40. The van der Waals surface area contributed by atoms with E-state index in [0.29, 0.717) is 0 Å². The first kappa shape index (κ1) is 34.1. The monoisotopic (exact) mass is 803 g/mol. The molecule has 7 heteroatoms. The standard InChI is InChI=1S/C56H33N7/c1-2-12-34(13-3-1)45-26-24-41-53-54(58-31-30-57-53)42-25-29-52(60-56(42)55(41)59-45)63-50-27-22-35(61-46-18-8-4-14-37(46)38-15-5-9-19-47(38)61)32-43(50)44-33-36(23-28-51(44)63)62-48-20-10-6-16-39(48)40-17-7-11-21-49(40)62/h1-33H. The van der Waals surface area contributed by atoms with Crippen molar-refractivity contribution < 1.29 is 0 Å². The minimum atomic E-state index is 0.784. The zero-order valence-corrected chi connectivity index (χ0v) is 33.7. The number of hydrogen-bond donors (Lipinski definition) is 0. The fourth-order valence-electron chi connectivity index (χ4n) is 10.2. The minimum absolute atomic E-state index is 0.784. The number of nitrogens with zero attached hydrogens (tertiary/aromatic N) is 7. The van der Waals surface area contributed by atoms with Gasteiger partial charge in [0.15, 0.2) is 0 Å². The summed E-state index contributed by atoms with van der Waals surface area (Å²) in [6, 6.07) is 67.2. The van der Waals surface area contributed by atoms with E-state index in [0.717, 1.165) is 83.1 Å². The largest absolute Gasteiger partial charge is 0.309 e. The van der Waals surface area contributed by atoms with Gasteiger partial charge in [0.05, 0.1) is 55.3 Å². The van der Waals surface area contributed by atoms with Gasteiger partial charge in [-0.1, -0.05) is 103 Å². The van der Waals surface area contributed by atoms with Crippen LogP contribution in [0.4, 0.5) is 0 Å². The Kier molecular flexibility index (Phi) is 6.98. The van der Waals surface area contributed by atoms with Gasteiger partial charge >= 0.3 is 0 Å². The molecule has 0 saturated carbocycles. The first-order valence-corrected chi connectivity index (χ1v) is 21.2. The van der Waals surface area contributed by atoms with Crippen molar-refractivity contribution in [2.45, 2.75) is 0 Å². The van der Waals surface area contributed by atoms with Gasteiger partial charge in [-0.25, -0.2) is 9.97 Å². The Morgan fingerprint density at radius 1 is 0.286 bits per heavy atom. The van der Waals surface area contributed by atoms with Gasteiger partial charge in [-0.15, -0.1) is 0 Å². The molecule has 0 aliphatic heterocycles. The molecule has 0 amide bonds. The van der Waals surface area contributed by atoms with E-state index in [4.69, 9.17) is 19.9 Å². The summed E-state index contributed by atoms with van der Waals surface area (Å²) in [5.41, 5.74) is 14.1. The van der Waals surface area contributed by atoms with Crippen molar-refractivity contribution >= 4 is 98.3 Å². The number of para-hydroxylation sites is 4. The molecule has 0 unspecified atom stereocenters. The number of aromatic nitrogens is 7. The van der Waals surface area contributed by atoms with E-state index in [1.54, 1.807) is 12.4 Å². The maximum atomic E-state index is 5.56. The zero-order chi connectivity index (χ0) is 41.2. The van der Waals surface area contributed by atoms with Crippen molar-refractivity contribution in [3.63, 3.8) is 0 Å². The Balaban J connectivity index is 1.07. The molecule has 0 saturated heterocycles. The van der Waals surface area contributed by atoms with E-state index < -0.39 is 0 Å². The number of fused-ring (bicyclic) bond motifs is 15. The van der Waals surface area contributed by atoms with Crippen molar-refractivity contribution in [2.75, 3.05) is 0 Å². The van der Waals surface area contributed by atoms with Gasteiger partial charge in [-0.2, -0.15) is 0 Å². The Morgan fingerprint density at radius 2 is 0.714 bits per heavy atom. The molecule has 0 aliphatic rings. The molecule has 0 fully saturated rings. The van der Waals surface area contributed by atoms with E-state index in [-0.39, 0.29) is 0 Å². The highest BCUT2D eigenvalue weighted by Gasteiger charge is 2.21. The first-order chi connectivity index (χ1) is 31.3. The molecular weight excluding hydrogens is 771 g/mol. The van der Waals surface area contributed by atoms with Crippen molar-refractivity contribution in [3.8, 4) is 28.5 Å². The molecular formula is C56H33N7. The lowest BCUT2D eigenvalue weighted by Gasteiger charge is -2.13. The molecule has 0 atom stereocenters. The van der Waals surface area contributed by atoms with Crippen LogP contribution in [-0.4, -0.2) is 33.6 Å². The summed E-state index contributed by atoms with van der Waals surface area (Å²) < 4.78 is 7.10. The Labute approximate surface area is 359 Å². The molecule has 0 radical (unpaired) electrons. The van der Waals surface area contributed by atoms with Crippen molar-refractivity contribution in [2.24, 2.45) is 0 Å². The summed E-state index contributed by atoms with van der Waals surface area (Å²) in [6.45, 7) is 0. The normalized spacial score (nSPS) is 12.1. The number of benzene rings is 8. The third-order valence-electron chi connectivity index (χ3n) is 12.9. The maximum Gasteiger partial charge on any atom is 0.138 e. The molecule has 14 aromatic rings. The third-order valence-corrected chi connectivity index (χ3v) is 12.9. The third kappa shape index (κ3) is 4.84. The SMILES string of the molecule is c1ccc(-c2ccc3c4nccnc4c4ccc(-n5c6ccc(-n7c8ccccc8c8ccccc87)cc6c6cc(-n7c8ccccc8c8ccccc87)ccc65)nc4c3n2)cc1. The van der Waals surface area contributed by atoms with Gasteiger partial charge in [-0.3, -0.25) is 14.5 Å². The van der Waals surface area contributed by atoms with Crippen LogP contribution in [0, 0.1) is 0 Å². The second kappa shape index (κ2) is 12.9. The summed E-state index contributed by atoms with van der Waals surface area (Å²) in [5.74, 6) is 0.799. The highest BCUT2D eigenvalue weighted by molar-refractivity contribution is 6.21. The van der Waals surface area contributed by atoms with Crippen LogP contribution in [0.15, 0.2) is 200 Å². The van der Waals surface area contributed by atoms with Crippen LogP contribution >= 0.6 is 0 Å². The second-order valence-corrected chi connectivity index (χ2v) is 16.3. The fourth-order valence-corrected chi connectivity index (χ4v) is 10.2. The van der Waals surface area contributed by atoms with Gasteiger partial charge < -0.3 is 9.13 Å². The van der Waals surface area contributed by atoms with Gasteiger partial charge in [0, 0.05) is 72.4 Å². The van der Waals surface area contributed by atoms with Crippen LogP contribution in [0.2, 0.25) is 0 Å². The van der Waals surface area contributed by atoms with Gasteiger partial charge in [0.25, 0.3) is 0 Å². The van der Waals surface area contributed by atoms with Gasteiger partial charge in [0.1, 0.15) is 11.3 Å². The highest BCUT2D eigenvalue weighted by atomic mass is 15.1. The number of hydrogen-bond acceptors (Lipinski definition) is 4. The van der Waals surface area contributed by atoms with Gasteiger partial charge in [0.2, 0.25) is 0 Å². The summed E-state index contributed by atoms with van der Waals surface area (Å²) in [4.78, 5) is 20.5. The minimum Gasteiger partial charge on any atom is -0.309 e. The van der Waals surface area contributed by atoms with E-state index in [1.165, 1.54) is 43.6 Å². The van der Waals surface area contributed by atoms with E-state index in [2.05, 4.69) is 184 Å². The van der Waals surface area contributed by atoms with Gasteiger partial charge in [-0.05, 0) is 84.9 Å². The predicted octanol–water partition coefficient (Wildman–Crippen LogP) is 13.7. The Morgan fingerprint density at radius 3 is 1.22 bits per heavy atom. The van der Waals surface area contributed by atoms with Crippen LogP contribution in [0.5, 0.6) is 0 Å². The maximum absolute atomic E-state index is 5.56. The van der Waals surface area contributed by atoms with E-state index in [9.17, 15) is 0 Å². The zero-order valence-electron chi connectivity index (χ0n) is 33.7. The fraction of sp³-hybridized carbons (Fsp3) is 0. The summed E-state index contributed by atoms with van der Waals surface area (Å²) >= 11 is 0. The Hall–Kier alpha value is -8.68. The smallest absolute Gasteiger partial charge is 0.138 e. The predicted molar refractivity (Wildman–Crippen MR) is 259 cm³/mol. The molecule has 7 nitrogen and oxygen atoms in total. The van der Waals surface area contributed by atoms with Crippen molar-refractivity contribution in [1.82, 2.24) is 33.6 Å². The number of rotatable bonds is 4. The second-order valence-electron chi connectivity index (χ2n) is 16.3. The van der Waals surface area contributed by atoms with Crippen LogP contribution < -0.4 is 0 Å². The average Bonchev–Trinajstić information content (AvgIpc) is 3.99. The van der Waals surface area contributed by atoms with Crippen LogP contribution in [-0.2, 0) is 0 Å². The van der Waals surface area contributed by atoms with Crippen LogP contribution in [0.3, 0.4) is 0 Å². The molecule has 6 heterocycles. The number of pyridine rings is 2. The van der Waals surface area contributed by atoms with Crippen LogP contribution in [0.25, 0.3) is 127 Å². The summed E-state index contributed by atoms with van der Waals surface area (Å²) in [6.07, 6.45) is 3.50. The molecule has 8 aromatic carbocycles. The van der Waals surface area contributed by atoms with Crippen molar-refractivity contribution in [1.29, 1.82) is 0 Å². The van der Waals surface area contributed by atoms with E-state index in [1.807, 2.05) is 18.2 Å². The lowest BCUT2D eigenvalue weighted by atomic mass is 10.0. The summed E-state index contributed by atoms with van der Waals surface area (Å²) in [7, 11) is 0. The molecule has 63 heavy (non-hydrogen) atoms. The Bertz CT molecular complexity index is 3940. The lowest BCUT2D eigenvalue weighted by Crippen LogP contribution is -2.00. The van der Waals surface area contributed by atoms with E-state index >= 15 is 0 Å². The molecule has 0 bridgehead atoms. The quantitative estimate of drug-likeness (QED) is 0.166. The average molecular weight is 804 g/mol. The molecule has 0 aliphatic carbocycles. The molecule has 6 aromatic heterocycles. The van der Waals surface area contributed by atoms with Crippen LogP contribution in [0.1, 0.15) is 0 Å². The molecule has 0 spiro atoms.